The molecule has 2 saturated carbocycles. The Morgan fingerprint density at radius 3 is 1.94 bits per heavy atom. The van der Waals surface area contributed by atoms with E-state index in [-0.39, 0.29) is 32.7 Å². The van der Waals surface area contributed by atoms with Crippen molar-refractivity contribution in [1.82, 2.24) is 10.0 Å². The van der Waals surface area contributed by atoms with Crippen LogP contribution in [0.4, 0.5) is 5.69 Å². The molecule has 9 nitrogen and oxygen atoms in total. The van der Waals surface area contributed by atoms with Gasteiger partial charge in [0.1, 0.15) is 6.54 Å². The Morgan fingerprint density at radius 2 is 1.44 bits per heavy atom. The summed E-state index contributed by atoms with van der Waals surface area (Å²) in [5.74, 6) is -3.44. The van der Waals surface area contributed by atoms with Gasteiger partial charge in [-0.05, 0) is 37.3 Å². The molecule has 3 amide bonds. The fraction of sp³-hybridized carbons (Fsp3) is 0.360. The summed E-state index contributed by atoms with van der Waals surface area (Å²) < 4.78 is 0. The monoisotopic (exact) mass is 617 g/mol. The van der Waals surface area contributed by atoms with Crippen LogP contribution in [-0.4, -0.2) is 54.6 Å². The molecule has 0 aromatic heterocycles. The lowest BCUT2D eigenvalue weighted by atomic mass is 9.81. The molecule has 6 atom stereocenters. The number of Topliss-reactive ketones (excluding diaryl/α,β-unsaturated/α-hetero) is 1. The number of ketones is 1. The molecule has 2 bridgehead atoms. The Bertz CT molecular complexity index is 1250. The van der Waals surface area contributed by atoms with E-state index in [9.17, 15) is 29.3 Å². The Hall–Kier alpha value is -2.92. The van der Waals surface area contributed by atoms with Crippen LogP contribution in [0, 0.1) is 40.7 Å². The smallest absolute Gasteiger partial charge is 0.273 e. The van der Waals surface area contributed by atoms with Crippen LogP contribution >= 0.6 is 31.9 Å². The zero-order valence-corrected chi connectivity index (χ0v) is 22.2. The van der Waals surface area contributed by atoms with Crippen molar-refractivity contribution in [2.24, 2.45) is 23.7 Å². The second-order valence-electron chi connectivity index (χ2n) is 9.45. The van der Waals surface area contributed by atoms with E-state index in [1.807, 2.05) is 6.92 Å². The SMILES string of the molecule is Cc1ccc(C(=O)CN(C(=O)c2ccc([N+](=O)[O-])cc2)N2C(=O)[C@@H]3[C@H]4C[C@@H]([C@H](Br)[C@@H]4Br)[C@@H]3C2=O)cc1. The minimum absolute atomic E-state index is 0.0217. The number of hydrogen-bond donors (Lipinski definition) is 0. The summed E-state index contributed by atoms with van der Waals surface area (Å²) in [5.41, 5.74) is 1.10. The van der Waals surface area contributed by atoms with Crippen molar-refractivity contribution < 1.29 is 24.1 Å². The van der Waals surface area contributed by atoms with Gasteiger partial charge in [-0.3, -0.25) is 29.3 Å². The number of nitro groups is 1. The molecule has 1 aliphatic heterocycles. The first-order valence-corrected chi connectivity index (χ1v) is 13.3. The molecule has 5 rings (SSSR count). The molecule has 2 aliphatic carbocycles. The lowest BCUT2D eigenvalue weighted by Gasteiger charge is -2.30. The number of benzene rings is 2. The second-order valence-corrected chi connectivity index (χ2v) is 11.6. The molecule has 11 heteroatoms. The molecular formula is C25H21Br2N3O6. The van der Waals surface area contributed by atoms with E-state index < -0.39 is 46.8 Å². The van der Waals surface area contributed by atoms with Crippen molar-refractivity contribution in [1.29, 1.82) is 0 Å². The van der Waals surface area contributed by atoms with E-state index in [2.05, 4.69) is 31.9 Å². The molecule has 186 valence electrons. The summed E-state index contributed by atoms with van der Waals surface area (Å²) >= 11 is 7.29. The van der Waals surface area contributed by atoms with E-state index in [0.29, 0.717) is 5.56 Å². The lowest BCUT2D eigenvalue weighted by molar-refractivity contribution is -0.384. The Morgan fingerprint density at radius 1 is 0.944 bits per heavy atom. The van der Waals surface area contributed by atoms with E-state index in [0.717, 1.165) is 22.0 Å². The third-order valence-electron chi connectivity index (χ3n) is 7.43. The number of rotatable bonds is 6. The maximum atomic E-state index is 13.6. The fourth-order valence-corrected chi connectivity index (χ4v) is 7.52. The molecule has 0 N–H and O–H groups in total. The molecule has 0 spiro atoms. The van der Waals surface area contributed by atoms with Crippen molar-refractivity contribution in [3.8, 4) is 0 Å². The van der Waals surface area contributed by atoms with E-state index in [1.165, 1.54) is 24.3 Å². The van der Waals surface area contributed by atoms with E-state index in [4.69, 9.17) is 0 Å². The first-order chi connectivity index (χ1) is 17.1. The highest BCUT2D eigenvalue weighted by molar-refractivity contribution is 9.12. The summed E-state index contributed by atoms with van der Waals surface area (Å²) in [6, 6.07) is 11.6. The zero-order valence-electron chi connectivity index (χ0n) is 19.0. The standard InChI is InChI=1S/C25H21Br2N3O6/c1-12-2-4-13(5-3-12)18(31)11-28(23(32)14-6-8-15(9-7-14)30(35)36)29-24(33)19-16-10-17(20(19)25(29)34)22(27)21(16)26/h2-9,16-17,19-22H,10-11H2,1H3/t16-,17-,19-,20+,21-,22+/m1/s1. The number of halogens is 2. The average Bonchev–Trinajstić information content (AvgIpc) is 3.47. The quantitative estimate of drug-likeness (QED) is 0.159. The first kappa shape index (κ1) is 24.8. The maximum Gasteiger partial charge on any atom is 0.273 e. The van der Waals surface area contributed by atoms with Crippen LogP contribution in [0.25, 0.3) is 0 Å². The van der Waals surface area contributed by atoms with Crippen LogP contribution in [-0.2, 0) is 9.59 Å². The fourth-order valence-electron chi connectivity index (χ4n) is 5.65. The molecule has 36 heavy (non-hydrogen) atoms. The average molecular weight is 619 g/mol. The van der Waals surface area contributed by atoms with Crippen LogP contribution in [0.3, 0.4) is 0 Å². The van der Waals surface area contributed by atoms with Crippen LogP contribution in [0.1, 0.15) is 32.7 Å². The number of amides is 3. The van der Waals surface area contributed by atoms with Crippen molar-refractivity contribution in [2.45, 2.75) is 23.0 Å². The van der Waals surface area contributed by atoms with Crippen LogP contribution in [0.15, 0.2) is 48.5 Å². The number of imide groups is 1. The minimum atomic E-state index is -0.759. The predicted molar refractivity (Wildman–Crippen MR) is 136 cm³/mol. The van der Waals surface area contributed by atoms with Crippen LogP contribution in [0.2, 0.25) is 0 Å². The van der Waals surface area contributed by atoms with Crippen molar-refractivity contribution in [3.63, 3.8) is 0 Å². The number of hydrazine groups is 1. The molecule has 2 aromatic carbocycles. The largest absolute Gasteiger partial charge is 0.292 e. The molecule has 1 saturated heterocycles. The van der Waals surface area contributed by atoms with Gasteiger partial charge in [-0.2, -0.15) is 5.01 Å². The number of carbonyl (C=O) groups excluding carboxylic acids is 4. The Kier molecular flexibility index (Phi) is 6.32. The molecule has 0 radical (unpaired) electrons. The highest BCUT2D eigenvalue weighted by atomic mass is 79.9. The number of nitro benzene ring substituents is 1. The van der Waals surface area contributed by atoms with Crippen LogP contribution < -0.4 is 0 Å². The highest BCUT2D eigenvalue weighted by Gasteiger charge is 2.67. The van der Waals surface area contributed by atoms with E-state index in [1.54, 1.807) is 24.3 Å². The van der Waals surface area contributed by atoms with Gasteiger partial charge in [0.15, 0.2) is 5.78 Å². The third kappa shape index (κ3) is 3.88. The topological polar surface area (TPSA) is 118 Å². The number of non-ortho nitro benzene ring substituents is 1. The summed E-state index contributed by atoms with van der Waals surface area (Å²) in [6.07, 6.45) is 0.727. The van der Waals surface area contributed by atoms with Gasteiger partial charge >= 0.3 is 0 Å². The van der Waals surface area contributed by atoms with Crippen molar-refractivity contribution in [2.75, 3.05) is 6.54 Å². The molecule has 3 aliphatic rings. The Labute approximate surface area is 223 Å². The van der Waals surface area contributed by atoms with Gasteiger partial charge in [0, 0.05) is 32.9 Å². The number of hydrogen-bond acceptors (Lipinski definition) is 6. The number of carbonyl (C=O) groups is 4. The van der Waals surface area contributed by atoms with Crippen molar-refractivity contribution >= 4 is 61.1 Å². The molecule has 0 unspecified atom stereocenters. The van der Waals surface area contributed by atoms with Gasteiger partial charge in [-0.15, -0.1) is 0 Å². The number of nitrogens with zero attached hydrogens (tertiary/aromatic N) is 3. The van der Waals surface area contributed by atoms with Gasteiger partial charge in [-0.1, -0.05) is 61.7 Å². The normalized spacial score (nSPS) is 28.4. The van der Waals surface area contributed by atoms with Gasteiger partial charge in [0.25, 0.3) is 23.4 Å². The van der Waals surface area contributed by atoms with Crippen molar-refractivity contribution in [3.05, 3.63) is 75.3 Å². The Balaban J connectivity index is 1.50. The van der Waals surface area contributed by atoms with Gasteiger partial charge < -0.3 is 0 Å². The third-order valence-corrected chi connectivity index (χ3v) is 10.6. The number of fused-ring (bicyclic) bond motifs is 5. The highest BCUT2D eigenvalue weighted by Crippen LogP contribution is 2.60. The lowest BCUT2D eigenvalue weighted by Crippen LogP contribution is -2.52. The van der Waals surface area contributed by atoms with Crippen LogP contribution in [0.5, 0.6) is 0 Å². The zero-order chi connectivity index (χ0) is 25.9. The molecule has 1 heterocycles. The summed E-state index contributed by atoms with van der Waals surface area (Å²) in [4.78, 5) is 64.4. The first-order valence-electron chi connectivity index (χ1n) is 11.4. The summed E-state index contributed by atoms with van der Waals surface area (Å²) in [7, 11) is 0. The minimum Gasteiger partial charge on any atom is -0.292 e. The molecular weight excluding hydrogens is 598 g/mol. The van der Waals surface area contributed by atoms with Gasteiger partial charge in [0.05, 0.1) is 16.8 Å². The van der Waals surface area contributed by atoms with Gasteiger partial charge in [0.2, 0.25) is 0 Å². The summed E-state index contributed by atoms with van der Waals surface area (Å²) in [5, 5.41) is 12.8. The van der Waals surface area contributed by atoms with E-state index >= 15 is 0 Å². The summed E-state index contributed by atoms with van der Waals surface area (Å²) in [6.45, 7) is 1.35. The number of aryl methyl sites for hydroxylation is 1. The molecule has 3 fully saturated rings. The van der Waals surface area contributed by atoms with Gasteiger partial charge in [-0.25, -0.2) is 5.01 Å². The maximum absolute atomic E-state index is 13.6. The second kappa shape index (κ2) is 9.19. The number of alkyl halides is 2. The predicted octanol–water partition coefficient (Wildman–Crippen LogP) is 3.92. The molecule has 2 aromatic rings.